The van der Waals surface area contributed by atoms with Gasteiger partial charge >= 0.3 is 6.18 Å². The van der Waals surface area contributed by atoms with Gasteiger partial charge in [-0.15, -0.1) is 11.8 Å². The number of hydrogen-bond acceptors (Lipinski definition) is 4. The molecule has 3 N–H and O–H groups in total. The Bertz CT molecular complexity index is 406. The summed E-state index contributed by atoms with van der Waals surface area (Å²) in [6.07, 6.45) is -3.11. The summed E-state index contributed by atoms with van der Waals surface area (Å²) in [6.45, 7) is 3.64. The summed E-state index contributed by atoms with van der Waals surface area (Å²) in [7, 11) is 0. The fourth-order valence-electron chi connectivity index (χ4n) is 1.57. The van der Waals surface area contributed by atoms with Gasteiger partial charge < -0.3 is 10.8 Å². The second-order valence-electron chi connectivity index (χ2n) is 4.72. The van der Waals surface area contributed by atoms with Crippen molar-refractivity contribution in [3.05, 3.63) is 23.9 Å². The molecule has 0 radical (unpaired) electrons. The molecule has 0 aromatic carbocycles. The number of thioether (sulfide) groups is 1. The highest BCUT2D eigenvalue weighted by molar-refractivity contribution is 7.99. The van der Waals surface area contributed by atoms with Crippen LogP contribution in [0.5, 0.6) is 0 Å². The standard InChI is InChI=1S/C12H17F3N2OS/c1-8(5-11(2,18)7-16)19-10-4-3-9(6-17-10)12(13,14)15/h3-4,6,8,18H,5,7,16H2,1-2H3. The van der Waals surface area contributed by atoms with Crippen molar-refractivity contribution in [2.24, 2.45) is 5.73 Å². The minimum atomic E-state index is -4.37. The number of aliphatic hydroxyl groups is 1. The van der Waals surface area contributed by atoms with Crippen molar-refractivity contribution in [1.29, 1.82) is 0 Å². The van der Waals surface area contributed by atoms with Crippen LogP contribution in [0.3, 0.4) is 0 Å². The summed E-state index contributed by atoms with van der Waals surface area (Å²) in [5, 5.41) is 10.3. The smallest absolute Gasteiger partial charge is 0.389 e. The Morgan fingerprint density at radius 3 is 2.47 bits per heavy atom. The van der Waals surface area contributed by atoms with E-state index in [-0.39, 0.29) is 11.8 Å². The minimum Gasteiger partial charge on any atom is -0.389 e. The van der Waals surface area contributed by atoms with Gasteiger partial charge in [-0.2, -0.15) is 13.2 Å². The van der Waals surface area contributed by atoms with E-state index in [0.29, 0.717) is 11.4 Å². The van der Waals surface area contributed by atoms with E-state index in [1.807, 2.05) is 6.92 Å². The lowest BCUT2D eigenvalue weighted by atomic mass is 10.0. The molecule has 0 amide bonds. The molecule has 7 heteroatoms. The first kappa shape index (κ1) is 16.3. The number of hydrogen-bond donors (Lipinski definition) is 2. The van der Waals surface area contributed by atoms with E-state index >= 15 is 0 Å². The first-order chi connectivity index (χ1) is 8.64. The minimum absolute atomic E-state index is 0.00258. The summed E-state index contributed by atoms with van der Waals surface area (Å²) >= 11 is 1.31. The Kier molecular flexibility index (Phi) is 5.23. The first-order valence-corrected chi connectivity index (χ1v) is 6.64. The zero-order valence-corrected chi connectivity index (χ0v) is 11.6. The molecule has 0 saturated carbocycles. The summed E-state index contributed by atoms with van der Waals surface area (Å²) in [4.78, 5) is 3.77. The highest BCUT2D eigenvalue weighted by atomic mass is 32.2. The van der Waals surface area contributed by atoms with Gasteiger partial charge in [0.25, 0.3) is 0 Å². The molecule has 2 atom stereocenters. The Balaban J connectivity index is 2.63. The maximum atomic E-state index is 12.4. The molecular weight excluding hydrogens is 277 g/mol. The number of halogens is 3. The zero-order valence-electron chi connectivity index (χ0n) is 10.7. The van der Waals surface area contributed by atoms with Crippen molar-refractivity contribution in [2.75, 3.05) is 6.54 Å². The van der Waals surface area contributed by atoms with Gasteiger partial charge in [0.15, 0.2) is 0 Å². The average Bonchev–Trinajstić information content (AvgIpc) is 2.27. The molecule has 19 heavy (non-hydrogen) atoms. The van der Waals surface area contributed by atoms with Crippen LogP contribution in [0, 0.1) is 0 Å². The zero-order chi connectivity index (χ0) is 14.7. The second kappa shape index (κ2) is 6.11. The predicted octanol–water partition coefficient (Wildman–Crippen LogP) is 2.68. The van der Waals surface area contributed by atoms with Gasteiger partial charge in [-0.1, -0.05) is 6.92 Å². The average molecular weight is 294 g/mol. The van der Waals surface area contributed by atoms with Gasteiger partial charge in [-0.3, -0.25) is 0 Å². The van der Waals surface area contributed by atoms with Crippen LogP contribution in [0.2, 0.25) is 0 Å². The quantitative estimate of drug-likeness (QED) is 0.820. The topological polar surface area (TPSA) is 59.1 Å². The van der Waals surface area contributed by atoms with Crippen molar-refractivity contribution in [3.8, 4) is 0 Å². The van der Waals surface area contributed by atoms with Crippen LogP contribution in [0.1, 0.15) is 25.8 Å². The highest BCUT2D eigenvalue weighted by Gasteiger charge is 2.30. The molecule has 3 nitrogen and oxygen atoms in total. The lowest BCUT2D eigenvalue weighted by molar-refractivity contribution is -0.137. The maximum Gasteiger partial charge on any atom is 0.417 e. The van der Waals surface area contributed by atoms with Crippen molar-refractivity contribution >= 4 is 11.8 Å². The molecule has 0 aliphatic rings. The molecule has 108 valence electrons. The van der Waals surface area contributed by atoms with Gasteiger partial charge in [0.1, 0.15) is 0 Å². The number of rotatable bonds is 5. The van der Waals surface area contributed by atoms with Crippen LogP contribution in [-0.4, -0.2) is 27.5 Å². The van der Waals surface area contributed by atoms with Crippen LogP contribution < -0.4 is 5.73 Å². The van der Waals surface area contributed by atoms with E-state index < -0.39 is 17.3 Å². The SMILES string of the molecule is CC(CC(C)(O)CN)Sc1ccc(C(F)(F)F)cn1. The largest absolute Gasteiger partial charge is 0.417 e. The summed E-state index contributed by atoms with van der Waals surface area (Å²) in [5.74, 6) is 0. The van der Waals surface area contributed by atoms with Crippen LogP contribution in [-0.2, 0) is 6.18 Å². The van der Waals surface area contributed by atoms with E-state index in [0.717, 1.165) is 12.3 Å². The van der Waals surface area contributed by atoms with E-state index in [1.165, 1.54) is 17.8 Å². The molecule has 0 saturated heterocycles. The molecule has 1 rings (SSSR count). The van der Waals surface area contributed by atoms with Crippen molar-refractivity contribution in [3.63, 3.8) is 0 Å². The van der Waals surface area contributed by atoms with Crippen molar-refractivity contribution in [1.82, 2.24) is 4.98 Å². The normalized spacial score (nSPS) is 17.0. The molecule has 2 unspecified atom stereocenters. The number of nitrogens with two attached hydrogens (primary N) is 1. The van der Waals surface area contributed by atoms with Crippen LogP contribution in [0.15, 0.2) is 23.4 Å². The predicted molar refractivity (Wildman–Crippen MR) is 68.9 cm³/mol. The van der Waals surface area contributed by atoms with Crippen molar-refractivity contribution in [2.45, 2.75) is 42.3 Å². The number of alkyl halides is 3. The molecule has 0 aliphatic heterocycles. The Morgan fingerprint density at radius 1 is 1.42 bits per heavy atom. The third-order valence-electron chi connectivity index (χ3n) is 2.55. The fraction of sp³-hybridized carbons (Fsp3) is 0.583. The molecule has 1 heterocycles. The van der Waals surface area contributed by atoms with E-state index in [4.69, 9.17) is 5.73 Å². The molecular formula is C12H17F3N2OS. The van der Waals surface area contributed by atoms with Crippen LogP contribution in [0.4, 0.5) is 13.2 Å². The number of aromatic nitrogens is 1. The van der Waals surface area contributed by atoms with Crippen LogP contribution in [0.25, 0.3) is 0 Å². The third kappa shape index (κ3) is 5.38. The molecule has 1 aromatic heterocycles. The Hall–Kier alpha value is -0.790. The Labute approximate surface area is 114 Å². The van der Waals surface area contributed by atoms with Crippen molar-refractivity contribution < 1.29 is 18.3 Å². The third-order valence-corrected chi connectivity index (χ3v) is 3.60. The number of nitrogens with zero attached hydrogens (tertiary/aromatic N) is 1. The van der Waals surface area contributed by atoms with Gasteiger partial charge in [-0.05, 0) is 25.5 Å². The maximum absolute atomic E-state index is 12.4. The lowest BCUT2D eigenvalue weighted by Gasteiger charge is -2.24. The van der Waals surface area contributed by atoms with E-state index in [9.17, 15) is 18.3 Å². The van der Waals surface area contributed by atoms with Crippen LogP contribution >= 0.6 is 11.8 Å². The summed E-state index contributed by atoms with van der Waals surface area (Å²) in [6, 6.07) is 2.34. The highest BCUT2D eigenvalue weighted by Crippen LogP contribution is 2.31. The van der Waals surface area contributed by atoms with E-state index in [2.05, 4.69) is 4.98 Å². The summed E-state index contributed by atoms with van der Waals surface area (Å²) in [5.41, 5.74) is 3.68. The lowest BCUT2D eigenvalue weighted by Crippen LogP contribution is -2.36. The monoisotopic (exact) mass is 294 g/mol. The summed E-state index contributed by atoms with van der Waals surface area (Å²) < 4.78 is 37.1. The molecule has 0 bridgehead atoms. The molecule has 0 spiro atoms. The van der Waals surface area contributed by atoms with Gasteiger partial charge in [-0.25, -0.2) is 4.98 Å². The number of pyridine rings is 1. The molecule has 0 fully saturated rings. The first-order valence-electron chi connectivity index (χ1n) is 5.76. The van der Waals surface area contributed by atoms with Gasteiger partial charge in [0, 0.05) is 18.0 Å². The van der Waals surface area contributed by atoms with E-state index in [1.54, 1.807) is 6.92 Å². The fourth-order valence-corrected chi connectivity index (χ4v) is 2.68. The van der Waals surface area contributed by atoms with Gasteiger partial charge in [0.05, 0.1) is 16.2 Å². The van der Waals surface area contributed by atoms with Gasteiger partial charge in [0.2, 0.25) is 0 Å². The molecule has 1 aromatic rings. The second-order valence-corrected chi connectivity index (χ2v) is 6.18. The molecule has 0 aliphatic carbocycles. The Morgan fingerprint density at radius 2 is 2.05 bits per heavy atom.